The fraction of sp³-hybridized carbons (Fsp3) is 0.240. The van der Waals surface area contributed by atoms with Crippen molar-refractivity contribution in [1.29, 1.82) is 0 Å². The molecule has 0 spiro atoms. The molecule has 0 saturated carbocycles. The Kier molecular flexibility index (Phi) is 6.17. The molecule has 0 radical (unpaired) electrons. The number of ether oxygens (including phenoxy) is 1. The lowest BCUT2D eigenvalue weighted by Crippen LogP contribution is -2.42. The van der Waals surface area contributed by atoms with Gasteiger partial charge >= 0.3 is 12.1 Å². The van der Waals surface area contributed by atoms with Crippen LogP contribution >= 0.6 is 0 Å². The fourth-order valence-electron chi connectivity index (χ4n) is 4.75. The van der Waals surface area contributed by atoms with Gasteiger partial charge in [-0.1, -0.05) is 6.07 Å². The van der Waals surface area contributed by atoms with Gasteiger partial charge in [-0.05, 0) is 30.7 Å². The number of halogens is 2. The summed E-state index contributed by atoms with van der Waals surface area (Å²) in [6.45, 7) is 1.17. The number of furan rings is 1. The topological polar surface area (TPSA) is 159 Å². The molecule has 1 saturated heterocycles. The molecule has 12 nitrogen and oxygen atoms in total. The molecule has 1 aromatic heterocycles. The number of fused-ring (bicyclic) bond motifs is 2. The number of nitrogens with zero attached hydrogens (tertiary/aromatic N) is 1. The average molecular weight is 541 g/mol. The highest BCUT2D eigenvalue weighted by molar-refractivity contribution is 6.07. The Labute approximate surface area is 218 Å². The first-order chi connectivity index (χ1) is 18.5. The van der Waals surface area contributed by atoms with Crippen LogP contribution in [-0.2, 0) is 21.7 Å². The number of rotatable bonds is 7. The maximum atomic E-state index is 15.1. The Balaban J connectivity index is 1.49. The third-order valence-corrected chi connectivity index (χ3v) is 6.73. The third-order valence-electron chi connectivity index (χ3n) is 6.73. The van der Waals surface area contributed by atoms with E-state index in [0.29, 0.717) is 10.9 Å². The van der Waals surface area contributed by atoms with Crippen molar-refractivity contribution in [3.05, 3.63) is 64.4 Å². The largest absolute Gasteiger partial charge is 0.494 e. The third kappa shape index (κ3) is 4.28. The van der Waals surface area contributed by atoms with Crippen molar-refractivity contribution in [2.24, 2.45) is 0 Å². The molecule has 2 aromatic carbocycles. The Hall–Kier alpha value is -5.01. The molecule has 39 heavy (non-hydrogen) atoms. The number of hydrogen-bond donors (Lipinski definition) is 4. The van der Waals surface area contributed by atoms with E-state index in [1.807, 2.05) is 5.32 Å². The summed E-state index contributed by atoms with van der Waals surface area (Å²) < 4.78 is 40.6. The number of amides is 7. The molecule has 1 fully saturated rings. The summed E-state index contributed by atoms with van der Waals surface area (Å²) in [5.74, 6) is -3.05. The maximum absolute atomic E-state index is 15.1. The van der Waals surface area contributed by atoms with Crippen LogP contribution in [0.25, 0.3) is 11.0 Å². The fourth-order valence-corrected chi connectivity index (χ4v) is 4.75. The highest BCUT2D eigenvalue weighted by Gasteiger charge is 2.45. The number of benzene rings is 2. The van der Waals surface area contributed by atoms with Gasteiger partial charge in [-0.25, -0.2) is 18.4 Å². The Morgan fingerprint density at radius 3 is 2.69 bits per heavy atom. The highest BCUT2D eigenvalue weighted by atomic mass is 19.1. The minimum absolute atomic E-state index is 0.0225. The summed E-state index contributed by atoms with van der Waals surface area (Å²) >= 11 is 0. The Bertz CT molecular complexity index is 1570. The molecule has 5 rings (SSSR count). The molecule has 2 aliphatic rings. The highest BCUT2D eigenvalue weighted by Crippen LogP contribution is 2.35. The van der Waals surface area contributed by atoms with Crippen molar-refractivity contribution < 1.29 is 41.9 Å². The number of hydrogen-bond acceptors (Lipinski definition) is 7. The lowest BCUT2D eigenvalue weighted by atomic mass is 9.91. The molecular weight excluding hydrogens is 520 g/mol. The van der Waals surface area contributed by atoms with E-state index in [9.17, 15) is 28.4 Å². The molecule has 3 aromatic rings. The van der Waals surface area contributed by atoms with Crippen LogP contribution in [0.5, 0.6) is 5.75 Å². The Morgan fingerprint density at radius 2 is 2.03 bits per heavy atom. The zero-order valence-electron chi connectivity index (χ0n) is 20.5. The quantitative estimate of drug-likeness (QED) is 0.263. The van der Waals surface area contributed by atoms with Gasteiger partial charge in [-0.2, -0.15) is 0 Å². The lowest BCUT2D eigenvalue weighted by Gasteiger charge is -2.23. The normalized spacial score (nSPS) is 19.0. The molecule has 0 bridgehead atoms. The van der Waals surface area contributed by atoms with E-state index in [1.165, 1.54) is 37.1 Å². The van der Waals surface area contributed by atoms with Crippen LogP contribution in [0.1, 0.15) is 40.2 Å². The first kappa shape index (κ1) is 25.6. The number of carbonyl (C=O) groups is 5. The van der Waals surface area contributed by atoms with Crippen molar-refractivity contribution >= 4 is 41.3 Å². The van der Waals surface area contributed by atoms with Crippen LogP contribution in [-0.4, -0.2) is 48.8 Å². The van der Waals surface area contributed by atoms with E-state index in [1.54, 1.807) is 6.07 Å². The van der Waals surface area contributed by atoms with Gasteiger partial charge in [0.25, 0.3) is 11.8 Å². The second-order valence-electron chi connectivity index (χ2n) is 9.14. The van der Waals surface area contributed by atoms with Gasteiger partial charge in [0, 0.05) is 30.1 Å². The Morgan fingerprint density at radius 1 is 1.26 bits per heavy atom. The molecule has 202 valence electrons. The van der Waals surface area contributed by atoms with Gasteiger partial charge < -0.3 is 24.7 Å². The molecular formula is C25H21F2N5O7. The van der Waals surface area contributed by atoms with Gasteiger partial charge in [0.15, 0.2) is 11.6 Å². The second kappa shape index (κ2) is 9.38. The van der Waals surface area contributed by atoms with E-state index < -0.39 is 47.1 Å². The maximum Gasteiger partial charge on any atom is 0.322 e. The van der Waals surface area contributed by atoms with Crippen molar-refractivity contribution in [2.45, 2.75) is 25.0 Å². The summed E-state index contributed by atoms with van der Waals surface area (Å²) in [5.41, 5.74) is -1.49. The van der Waals surface area contributed by atoms with Gasteiger partial charge in [-0.3, -0.25) is 25.0 Å². The number of nitrogens with one attached hydrogen (secondary N) is 4. The van der Waals surface area contributed by atoms with Crippen LogP contribution in [0.2, 0.25) is 0 Å². The van der Waals surface area contributed by atoms with Crippen molar-refractivity contribution in [3.8, 4) is 5.75 Å². The smallest absolute Gasteiger partial charge is 0.322 e. The van der Waals surface area contributed by atoms with Crippen molar-refractivity contribution in [2.75, 3.05) is 13.7 Å². The molecule has 1 unspecified atom stereocenters. The monoisotopic (exact) mass is 541 g/mol. The predicted octanol–water partition coefficient (Wildman–Crippen LogP) is 1.93. The summed E-state index contributed by atoms with van der Waals surface area (Å²) in [6.07, 6.45) is 0.160. The molecule has 7 amide bonds. The van der Waals surface area contributed by atoms with Crippen LogP contribution in [0, 0.1) is 11.6 Å². The van der Waals surface area contributed by atoms with Gasteiger partial charge in [-0.15, -0.1) is 0 Å². The van der Waals surface area contributed by atoms with Crippen LogP contribution in [0.15, 0.2) is 34.7 Å². The van der Waals surface area contributed by atoms with E-state index in [-0.39, 0.29) is 47.7 Å². The van der Waals surface area contributed by atoms with E-state index >= 15 is 4.39 Å². The predicted molar refractivity (Wildman–Crippen MR) is 128 cm³/mol. The van der Waals surface area contributed by atoms with Gasteiger partial charge in [0.2, 0.25) is 6.41 Å². The number of urea groups is 2. The minimum Gasteiger partial charge on any atom is -0.494 e. The molecule has 0 aliphatic carbocycles. The van der Waals surface area contributed by atoms with Crippen LogP contribution in [0.3, 0.4) is 0 Å². The van der Waals surface area contributed by atoms with E-state index in [0.717, 1.165) is 6.07 Å². The zero-order valence-corrected chi connectivity index (χ0v) is 20.5. The van der Waals surface area contributed by atoms with Crippen LogP contribution in [0.4, 0.5) is 18.4 Å². The molecule has 2 aliphatic heterocycles. The van der Waals surface area contributed by atoms with E-state index in [2.05, 4.69) is 16.0 Å². The van der Waals surface area contributed by atoms with Crippen LogP contribution < -0.4 is 26.0 Å². The number of methoxy groups -OCH3 is 1. The van der Waals surface area contributed by atoms with Crippen molar-refractivity contribution in [1.82, 2.24) is 26.2 Å². The molecule has 4 N–H and O–H groups in total. The summed E-state index contributed by atoms with van der Waals surface area (Å²) in [5, 5.41) is 9.22. The van der Waals surface area contributed by atoms with E-state index in [4.69, 9.17) is 9.15 Å². The van der Waals surface area contributed by atoms with Crippen molar-refractivity contribution in [3.63, 3.8) is 0 Å². The SMILES string of the molecule is COc1ccc2c(c1F)C(=O)N(C[C@H](NC(=O)NC=O)c1cc3cc(C4(C)NC(=O)NC4=O)c(F)cc3o1)C2. The van der Waals surface area contributed by atoms with Gasteiger partial charge in [0.1, 0.15) is 28.7 Å². The lowest BCUT2D eigenvalue weighted by molar-refractivity contribution is -0.123. The molecule has 3 heterocycles. The molecule has 14 heteroatoms. The molecule has 2 atom stereocenters. The summed E-state index contributed by atoms with van der Waals surface area (Å²) in [7, 11) is 1.27. The summed E-state index contributed by atoms with van der Waals surface area (Å²) in [6, 6.07) is 4.03. The first-order valence-electron chi connectivity index (χ1n) is 11.6. The van der Waals surface area contributed by atoms with Gasteiger partial charge in [0.05, 0.1) is 12.7 Å². The minimum atomic E-state index is -1.67. The zero-order chi connectivity index (χ0) is 28.1. The number of carbonyl (C=O) groups excluding carboxylic acids is 5. The summed E-state index contributed by atoms with van der Waals surface area (Å²) in [4.78, 5) is 61.4. The second-order valence-corrected chi connectivity index (χ2v) is 9.14. The average Bonchev–Trinajstić information content (AvgIpc) is 3.51. The number of imide groups is 2. The standard InChI is InChI=1S/C25H21F2N5O7/c1-25(22(35)30-24(37)31-25)13-5-12-6-18(39-17(12)7-14(13)26)15(29-23(36)28-10-33)9-32-8-11-3-4-16(38-2)20(27)19(11)21(32)34/h3-7,10,15H,8-9H2,1-2H3,(H2,28,29,33,36)(H2,30,31,35,37)/t15-,25?/m0/s1. The first-order valence-corrected chi connectivity index (χ1v) is 11.6.